The molecule has 6 heteroatoms. The van der Waals surface area contributed by atoms with Crippen LogP contribution in [-0.4, -0.2) is 34.8 Å². The number of aromatic nitrogens is 1. The normalized spacial score (nSPS) is 10.2. The van der Waals surface area contributed by atoms with Gasteiger partial charge in [0.25, 0.3) is 0 Å². The molecule has 0 aliphatic carbocycles. The topological polar surface area (TPSA) is 62.3 Å². The van der Waals surface area contributed by atoms with Crippen LogP contribution in [0.15, 0.2) is 18.9 Å². The van der Waals surface area contributed by atoms with Crippen LogP contribution in [0.4, 0.5) is 5.13 Å². The molecule has 0 fully saturated rings. The summed E-state index contributed by atoms with van der Waals surface area (Å²) >= 11 is 1.42. The highest BCUT2D eigenvalue weighted by Crippen LogP contribution is 2.16. The number of nitrogens with one attached hydrogen (secondary N) is 1. The van der Waals surface area contributed by atoms with Gasteiger partial charge in [-0.05, 0) is 13.3 Å². The van der Waals surface area contributed by atoms with E-state index in [0.717, 1.165) is 24.1 Å². The molecule has 0 aliphatic rings. The lowest BCUT2D eigenvalue weighted by Gasteiger charge is -2.20. The molecule has 1 heterocycles. The number of carbonyl (C=O) groups excluding carboxylic acids is 2. The standard InChI is InChI=1S/C15H23N3O2S/c1-4-6-7-8-14(20)18(9-5-2)11-13(19)17-15-16-10-12(3)21-15/h5,10H,2,4,6-9,11H2,1,3H3,(H,16,17,19). The molecule has 0 unspecified atom stereocenters. The van der Waals surface area contributed by atoms with Gasteiger partial charge < -0.3 is 10.2 Å². The maximum Gasteiger partial charge on any atom is 0.245 e. The Kier molecular flexibility index (Phi) is 7.68. The first-order valence-corrected chi connectivity index (χ1v) is 7.99. The van der Waals surface area contributed by atoms with E-state index < -0.39 is 0 Å². The summed E-state index contributed by atoms with van der Waals surface area (Å²) in [7, 11) is 0. The minimum absolute atomic E-state index is 0.00572. The fourth-order valence-electron chi connectivity index (χ4n) is 1.84. The lowest BCUT2D eigenvalue weighted by atomic mass is 10.2. The van der Waals surface area contributed by atoms with Gasteiger partial charge in [-0.2, -0.15) is 0 Å². The van der Waals surface area contributed by atoms with Crippen molar-refractivity contribution in [1.29, 1.82) is 0 Å². The largest absolute Gasteiger partial charge is 0.330 e. The monoisotopic (exact) mass is 309 g/mol. The van der Waals surface area contributed by atoms with Gasteiger partial charge in [0.2, 0.25) is 11.8 Å². The predicted molar refractivity (Wildman–Crippen MR) is 86.4 cm³/mol. The van der Waals surface area contributed by atoms with E-state index in [2.05, 4.69) is 23.8 Å². The number of carbonyl (C=O) groups is 2. The van der Waals surface area contributed by atoms with Crippen molar-refractivity contribution in [3.05, 3.63) is 23.7 Å². The first kappa shape index (κ1) is 17.4. The van der Waals surface area contributed by atoms with Crippen LogP contribution in [0.2, 0.25) is 0 Å². The van der Waals surface area contributed by atoms with Gasteiger partial charge in [-0.25, -0.2) is 4.98 Å². The van der Waals surface area contributed by atoms with Crippen molar-refractivity contribution >= 4 is 28.3 Å². The lowest BCUT2D eigenvalue weighted by Crippen LogP contribution is -2.38. The molecule has 1 aromatic rings. The molecule has 0 saturated heterocycles. The van der Waals surface area contributed by atoms with Gasteiger partial charge in [-0.15, -0.1) is 17.9 Å². The van der Waals surface area contributed by atoms with Gasteiger partial charge in [0.1, 0.15) is 6.54 Å². The molecular formula is C15H23N3O2S. The Hall–Kier alpha value is -1.69. The van der Waals surface area contributed by atoms with E-state index in [4.69, 9.17) is 0 Å². The van der Waals surface area contributed by atoms with Crippen LogP contribution in [0.5, 0.6) is 0 Å². The van der Waals surface area contributed by atoms with Crippen molar-refractivity contribution in [2.75, 3.05) is 18.4 Å². The van der Waals surface area contributed by atoms with Gasteiger partial charge in [-0.1, -0.05) is 25.8 Å². The zero-order chi connectivity index (χ0) is 15.7. The summed E-state index contributed by atoms with van der Waals surface area (Å²) in [6.45, 7) is 8.08. The van der Waals surface area contributed by atoms with Crippen molar-refractivity contribution in [2.45, 2.75) is 39.5 Å². The number of amides is 2. The number of nitrogens with zero attached hydrogens (tertiary/aromatic N) is 2. The first-order valence-electron chi connectivity index (χ1n) is 7.17. The van der Waals surface area contributed by atoms with Crippen molar-refractivity contribution in [1.82, 2.24) is 9.88 Å². The fourth-order valence-corrected chi connectivity index (χ4v) is 2.52. The molecule has 0 aliphatic heterocycles. The molecule has 21 heavy (non-hydrogen) atoms. The minimum atomic E-state index is -0.227. The molecule has 0 atom stereocenters. The third-order valence-electron chi connectivity index (χ3n) is 2.90. The Morgan fingerprint density at radius 2 is 2.24 bits per heavy atom. The summed E-state index contributed by atoms with van der Waals surface area (Å²) in [5, 5.41) is 3.28. The lowest BCUT2D eigenvalue weighted by molar-refractivity contribution is -0.134. The number of hydrogen-bond donors (Lipinski definition) is 1. The molecule has 116 valence electrons. The molecule has 0 bridgehead atoms. The van der Waals surface area contributed by atoms with E-state index >= 15 is 0 Å². The number of unbranched alkanes of at least 4 members (excludes halogenated alkanes) is 2. The predicted octanol–water partition coefficient (Wildman–Crippen LogP) is 2.98. The van der Waals surface area contributed by atoms with Gasteiger partial charge >= 0.3 is 0 Å². The van der Waals surface area contributed by atoms with E-state index in [1.165, 1.54) is 16.2 Å². The summed E-state index contributed by atoms with van der Waals surface area (Å²) in [4.78, 5) is 30.7. The Labute approximate surface area is 130 Å². The summed E-state index contributed by atoms with van der Waals surface area (Å²) in [6.07, 6.45) is 6.77. The molecule has 1 aromatic heterocycles. The molecule has 0 aromatic carbocycles. The quantitative estimate of drug-likeness (QED) is 0.563. The summed E-state index contributed by atoms with van der Waals surface area (Å²) < 4.78 is 0. The molecule has 1 rings (SSSR count). The van der Waals surface area contributed by atoms with E-state index in [9.17, 15) is 9.59 Å². The van der Waals surface area contributed by atoms with Gasteiger partial charge in [0.15, 0.2) is 5.13 Å². The Bertz CT molecular complexity index is 485. The van der Waals surface area contributed by atoms with Crippen LogP contribution in [0.1, 0.15) is 37.5 Å². The van der Waals surface area contributed by atoms with Crippen LogP contribution in [0, 0.1) is 6.92 Å². The van der Waals surface area contributed by atoms with Crippen molar-refractivity contribution in [3.63, 3.8) is 0 Å². The van der Waals surface area contributed by atoms with Gasteiger partial charge in [0, 0.05) is 24.0 Å². The van der Waals surface area contributed by atoms with Gasteiger partial charge in [-0.3, -0.25) is 9.59 Å². The van der Waals surface area contributed by atoms with Crippen LogP contribution in [-0.2, 0) is 9.59 Å². The smallest absolute Gasteiger partial charge is 0.245 e. The average Bonchev–Trinajstić information content (AvgIpc) is 2.83. The SMILES string of the molecule is C=CCN(CC(=O)Nc1ncc(C)s1)C(=O)CCCCC. The summed E-state index contributed by atoms with van der Waals surface area (Å²) in [5.74, 6) is -0.233. The third-order valence-corrected chi connectivity index (χ3v) is 3.73. The Morgan fingerprint density at radius 1 is 1.48 bits per heavy atom. The number of thiazole rings is 1. The highest BCUT2D eigenvalue weighted by Gasteiger charge is 2.16. The molecule has 0 saturated carbocycles. The average molecular weight is 309 g/mol. The van der Waals surface area contributed by atoms with Crippen LogP contribution < -0.4 is 5.32 Å². The number of aryl methyl sites for hydroxylation is 1. The second-order valence-corrected chi connectivity index (χ2v) is 6.08. The van der Waals surface area contributed by atoms with E-state index in [-0.39, 0.29) is 18.4 Å². The second kappa shape index (κ2) is 9.28. The summed E-state index contributed by atoms with van der Waals surface area (Å²) in [6, 6.07) is 0. The highest BCUT2D eigenvalue weighted by molar-refractivity contribution is 7.15. The molecule has 0 radical (unpaired) electrons. The molecular weight excluding hydrogens is 286 g/mol. The third kappa shape index (κ3) is 6.53. The Morgan fingerprint density at radius 3 is 2.81 bits per heavy atom. The van der Waals surface area contributed by atoms with Crippen molar-refractivity contribution in [2.24, 2.45) is 0 Å². The fraction of sp³-hybridized carbons (Fsp3) is 0.533. The van der Waals surface area contributed by atoms with Crippen molar-refractivity contribution in [3.8, 4) is 0 Å². The summed E-state index contributed by atoms with van der Waals surface area (Å²) in [5.41, 5.74) is 0. The minimum Gasteiger partial charge on any atom is -0.330 e. The molecule has 2 amide bonds. The van der Waals surface area contributed by atoms with Crippen LogP contribution in [0.25, 0.3) is 0 Å². The van der Waals surface area contributed by atoms with E-state index in [1.807, 2.05) is 6.92 Å². The second-order valence-electron chi connectivity index (χ2n) is 4.84. The molecule has 0 spiro atoms. The Balaban J connectivity index is 2.50. The molecule has 5 nitrogen and oxygen atoms in total. The molecule has 1 N–H and O–H groups in total. The zero-order valence-corrected chi connectivity index (χ0v) is 13.5. The van der Waals surface area contributed by atoms with E-state index in [0.29, 0.717) is 18.1 Å². The van der Waals surface area contributed by atoms with Crippen molar-refractivity contribution < 1.29 is 9.59 Å². The van der Waals surface area contributed by atoms with Gasteiger partial charge in [0.05, 0.1) is 0 Å². The highest BCUT2D eigenvalue weighted by atomic mass is 32.1. The van der Waals surface area contributed by atoms with Crippen LogP contribution in [0.3, 0.4) is 0 Å². The number of hydrogen-bond acceptors (Lipinski definition) is 4. The zero-order valence-electron chi connectivity index (χ0n) is 12.7. The maximum absolute atomic E-state index is 12.1. The number of rotatable bonds is 9. The van der Waals surface area contributed by atoms with Crippen LogP contribution >= 0.6 is 11.3 Å². The number of anilines is 1. The maximum atomic E-state index is 12.1. The first-order chi connectivity index (χ1) is 10.1. The van der Waals surface area contributed by atoms with E-state index in [1.54, 1.807) is 12.3 Å².